The predicted octanol–water partition coefficient (Wildman–Crippen LogP) is 2.82. The van der Waals surface area contributed by atoms with Gasteiger partial charge in [-0.15, -0.1) is 0 Å². The van der Waals surface area contributed by atoms with Crippen molar-refractivity contribution in [3.63, 3.8) is 0 Å². The molecular formula is C19H19NO3. The van der Waals surface area contributed by atoms with E-state index in [0.29, 0.717) is 13.2 Å². The van der Waals surface area contributed by atoms with Gasteiger partial charge in [0.05, 0.1) is 18.9 Å². The van der Waals surface area contributed by atoms with Crippen LogP contribution >= 0.6 is 0 Å². The minimum absolute atomic E-state index is 0.159. The van der Waals surface area contributed by atoms with E-state index in [1.165, 1.54) is 0 Å². The molecule has 118 valence electrons. The zero-order valence-electron chi connectivity index (χ0n) is 13.3. The molecule has 4 nitrogen and oxygen atoms in total. The van der Waals surface area contributed by atoms with Crippen molar-refractivity contribution in [2.24, 2.45) is 0 Å². The molecule has 0 aromatic heterocycles. The molecule has 2 aromatic rings. The minimum atomic E-state index is -1.29. The highest BCUT2D eigenvalue weighted by Gasteiger charge is 2.56. The van der Waals surface area contributed by atoms with Gasteiger partial charge in [-0.25, -0.2) is 0 Å². The third-order valence-corrected chi connectivity index (χ3v) is 4.86. The quantitative estimate of drug-likeness (QED) is 0.813. The van der Waals surface area contributed by atoms with Crippen molar-refractivity contribution in [1.82, 2.24) is 0 Å². The van der Waals surface area contributed by atoms with Crippen LogP contribution in [0.2, 0.25) is 0 Å². The molecule has 1 amide bonds. The number of hydrogen-bond donors (Lipinski definition) is 0. The molecule has 0 bridgehead atoms. The number of likely N-dealkylation sites (N-methyl/N-ethyl adjacent to an activating group) is 1. The highest BCUT2D eigenvalue weighted by Crippen LogP contribution is 2.47. The van der Waals surface area contributed by atoms with E-state index in [4.69, 9.17) is 9.47 Å². The number of nitrogens with zero attached hydrogens (tertiary/aromatic N) is 1. The number of rotatable bonds is 1. The monoisotopic (exact) mass is 309 g/mol. The van der Waals surface area contributed by atoms with E-state index in [9.17, 15) is 4.79 Å². The molecule has 1 spiro atoms. The van der Waals surface area contributed by atoms with Gasteiger partial charge in [-0.1, -0.05) is 55.5 Å². The number of para-hydroxylation sites is 1. The van der Waals surface area contributed by atoms with E-state index in [2.05, 4.69) is 19.1 Å². The summed E-state index contributed by atoms with van der Waals surface area (Å²) in [5.74, 6) is -1.45. The fraction of sp³-hybridized carbons (Fsp3) is 0.316. The number of ether oxygens (including phenoxy) is 2. The van der Waals surface area contributed by atoms with Gasteiger partial charge in [-0.3, -0.25) is 4.79 Å². The van der Waals surface area contributed by atoms with Crippen molar-refractivity contribution >= 4 is 11.6 Å². The fourth-order valence-corrected chi connectivity index (χ4v) is 3.38. The van der Waals surface area contributed by atoms with Gasteiger partial charge in [0, 0.05) is 18.0 Å². The Balaban J connectivity index is 1.69. The summed E-state index contributed by atoms with van der Waals surface area (Å²) in [6.45, 7) is 2.97. The van der Waals surface area contributed by atoms with Crippen LogP contribution in [0.4, 0.5) is 5.69 Å². The second-order valence-corrected chi connectivity index (χ2v) is 6.50. The molecule has 0 radical (unpaired) electrons. The van der Waals surface area contributed by atoms with Crippen molar-refractivity contribution in [3.05, 3.63) is 65.7 Å². The van der Waals surface area contributed by atoms with Crippen LogP contribution in [0.15, 0.2) is 54.6 Å². The second kappa shape index (κ2) is 4.91. The van der Waals surface area contributed by atoms with Gasteiger partial charge in [0.1, 0.15) is 0 Å². The summed E-state index contributed by atoms with van der Waals surface area (Å²) in [7, 11) is 1.76. The summed E-state index contributed by atoms with van der Waals surface area (Å²) in [4.78, 5) is 14.4. The normalized spacial score (nSPS) is 29.8. The fourth-order valence-electron chi connectivity index (χ4n) is 3.38. The van der Waals surface area contributed by atoms with Gasteiger partial charge in [0.25, 0.3) is 11.7 Å². The molecule has 0 atom stereocenters. The van der Waals surface area contributed by atoms with E-state index in [1.807, 2.05) is 42.5 Å². The van der Waals surface area contributed by atoms with Crippen molar-refractivity contribution in [2.75, 3.05) is 25.2 Å². The Morgan fingerprint density at radius 1 is 0.957 bits per heavy atom. The van der Waals surface area contributed by atoms with E-state index in [1.54, 1.807) is 11.9 Å². The zero-order chi connectivity index (χ0) is 16.1. The lowest BCUT2D eigenvalue weighted by molar-refractivity contribution is -0.275. The molecule has 1 saturated heterocycles. The molecule has 0 N–H and O–H groups in total. The Hall–Kier alpha value is -2.17. The van der Waals surface area contributed by atoms with Crippen molar-refractivity contribution in [3.8, 4) is 0 Å². The Kier molecular flexibility index (Phi) is 3.08. The molecular weight excluding hydrogens is 290 g/mol. The van der Waals surface area contributed by atoms with E-state index in [0.717, 1.165) is 16.8 Å². The SMILES string of the molecule is CN1C(=O)C2(OCC(C)(c3ccccc3)CO2)c2ccccc21. The van der Waals surface area contributed by atoms with E-state index in [-0.39, 0.29) is 11.3 Å². The summed E-state index contributed by atoms with van der Waals surface area (Å²) >= 11 is 0. The van der Waals surface area contributed by atoms with Gasteiger partial charge in [0.2, 0.25) is 0 Å². The molecule has 23 heavy (non-hydrogen) atoms. The van der Waals surface area contributed by atoms with E-state index >= 15 is 0 Å². The third-order valence-electron chi connectivity index (χ3n) is 4.86. The number of anilines is 1. The maximum Gasteiger partial charge on any atom is 0.292 e. The number of carbonyl (C=O) groups excluding carboxylic acids is 1. The van der Waals surface area contributed by atoms with Crippen LogP contribution in [0.1, 0.15) is 18.1 Å². The number of fused-ring (bicyclic) bond motifs is 2. The lowest BCUT2D eigenvalue weighted by Gasteiger charge is -2.42. The molecule has 4 rings (SSSR count). The molecule has 4 heteroatoms. The van der Waals surface area contributed by atoms with Gasteiger partial charge >= 0.3 is 0 Å². The Morgan fingerprint density at radius 2 is 1.57 bits per heavy atom. The molecule has 2 aliphatic rings. The number of benzene rings is 2. The Bertz CT molecular complexity index is 748. The van der Waals surface area contributed by atoms with Crippen LogP contribution < -0.4 is 4.90 Å². The van der Waals surface area contributed by atoms with Gasteiger partial charge in [-0.05, 0) is 11.6 Å². The van der Waals surface area contributed by atoms with Crippen LogP contribution in [-0.4, -0.2) is 26.2 Å². The average molecular weight is 309 g/mol. The average Bonchev–Trinajstić information content (AvgIpc) is 2.81. The van der Waals surface area contributed by atoms with Crippen molar-refractivity contribution < 1.29 is 14.3 Å². The van der Waals surface area contributed by atoms with E-state index < -0.39 is 5.79 Å². The topological polar surface area (TPSA) is 38.8 Å². The lowest BCUT2D eigenvalue weighted by Crippen LogP contribution is -2.53. The number of hydrogen-bond acceptors (Lipinski definition) is 3. The van der Waals surface area contributed by atoms with Gasteiger partial charge in [-0.2, -0.15) is 0 Å². The first-order valence-corrected chi connectivity index (χ1v) is 7.78. The predicted molar refractivity (Wildman–Crippen MR) is 87.2 cm³/mol. The van der Waals surface area contributed by atoms with Crippen LogP contribution in [0.3, 0.4) is 0 Å². The molecule has 2 aliphatic heterocycles. The van der Waals surface area contributed by atoms with Crippen LogP contribution in [0, 0.1) is 0 Å². The largest absolute Gasteiger partial charge is 0.337 e. The number of amides is 1. The van der Waals surface area contributed by atoms with Crippen LogP contribution in [-0.2, 0) is 25.5 Å². The van der Waals surface area contributed by atoms with Crippen molar-refractivity contribution in [2.45, 2.75) is 18.1 Å². The molecule has 0 unspecified atom stereocenters. The van der Waals surface area contributed by atoms with Crippen LogP contribution in [0.25, 0.3) is 0 Å². The zero-order valence-corrected chi connectivity index (χ0v) is 13.3. The molecule has 2 heterocycles. The highest BCUT2D eigenvalue weighted by atomic mass is 16.7. The van der Waals surface area contributed by atoms with Gasteiger partial charge < -0.3 is 14.4 Å². The molecule has 0 aliphatic carbocycles. The summed E-state index contributed by atoms with van der Waals surface area (Å²) in [6.07, 6.45) is 0. The standard InChI is InChI=1S/C19H19NO3/c1-18(14-8-4-3-5-9-14)12-22-19(23-13-18)15-10-6-7-11-16(15)20(2)17(19)21/h3-11H,12-13H2,1-2H3. The summed E-state index contributed by atoms with van der Waals surface area (Å²) in [6, 6.07) is 17.8. The Morgan fingerprint density at radius 3 is 2.26 bits per heavy atom. The minimum Gasteiger partial charge on any atom is -0.337 e. The summed E-state index contributed by atoms with van der Waals surface area (Å²) in [5.41, 5.74) is 2.54. The first-order valence-electron chi connectivity index (χ1n) is 7.78. The van der Waals surface area contributed by atoms with Crippen LogP contribution in [0.5, 0.6) is 0 Å². The maximum absolute atomic E-state index is 12.8. The second-order valence-electron chi connectivity index (χ2n) is 6.50. The highest BCUT2D eigenvalue weighted by molar-refractivity contribution is 6.05. The summed E-state index contributed by atoms with van der Waals surface area (Å²) < 4.78 is 12.2. The molecule has 2 aromatic carbocycles. The maximum atomic E-state index is 12.8. The first kappa shape index (κ1) is 14.4. The van der Waals surface area contributed by atoms with Crippen molar-refractivity contribution in [1.29, 1.82) is 0 Å². The van der Waals surface area contributed by atoms with Gasteiger partial charge in [0.15, 0.2) is 0 Å². The molecule has 0 saturated carbocycles. The summed E-state index contributed by atoms with van der Waals surface area (Å²) in [5, 5.41) is 0. The Labute approximate surface area is 135 Å². The number of carbonyl (C=O) groups is 1. The molecule has 1 fully saturated rings. The third kappa shape index (κ3) is 1.95. The lowest BCUT2D eigenvalue weighted by atomic mass is 9.83. The first-order chi connectivity index (χ1) is 11.1. The smallest absolute Gasteiger partial charge is 0.292 e.